The molecule has 2 aliphatic heterocycles. The zero-order chi connectivity index (χ0) is 21.4. The second-order valence-corrected chi connectivity index (χ2v) is 8.94. The van der Waals surface area contributed by atoms with Crippen molar-refractivity contribution in [3.63, 3.8) is 0 Å². The van der Waals surface area contributed by atoms with Gasteiger partial charge in [-0.1, -0.05) is 11.6 Å². The molecule has 0 unspecified atom stereocenters. The van der Waals surface area contributed by atoms with Gasteiger partial charge in [-0.05, 0) is 53.0 Å². The molecule has 2 saturated heterocycles. The third-order valence-corrected chi connectivity index (χ3v) is 6.43. The Morgan fingerprint density at radius 3 is 2.59 bits per heavy atom. The second kappa shape index (κ2) is 8.47. The summed E-state index contributed by atoms with van der Waals surface area (Å²) in [6.07, 6.45) is 4.09. The molecule has 7 nitrogen and oxygen atoms in total. The Morgan fingerprint density at radius 2 is 2.03 bits per heavy atom. The highest BCUT2D eigenvalue weighted by molar-refractivity contribution is 5.82. The number of methoxy groups -OCH3 is 1. The molecule has 0 radical (unpaired) electrons. The number of aliphatic hydroxyl groups excluding tert-OH is 2. The molecule has 2 N–H and O–H groups in total. The zero-order valence-electron chi connectivity index (χ0n) is 18.0. The summed E-state index contributed by atoms with van der Waals surface area (Å²) in [4.78, 5) is 12.3. The quantitative estimate of drug-likeness (QED) is 0.273. The van der Waals surface area contributed by atoms with Crippen molar-refractivity contribution in [1.82, 2.24) is 0 Å². The average molecular weight is 411 g/mol. The highest BCUT2D eigenvalue weighted by Crippen LogP contribution is 2.59. The van der Waals surface area contributed by atoms with E-state index >= 15 is 0 Å². The lowest BCUT2D eigenvalue weighted by Crippen LogP contribution is -2.55. The molecule has 0 aromatic rings. The number of epoxide rings is 2. The van der Waals surface area contributed by atoms with Gasteiger partial charge in [-0.2, -0.15) is 0 Å². The number of hydrogen-bond acceptors (Lipinski definition) is 7. The molecule has 0 bridgehead atoms. The van der Waals surface area contributed by atoms with Crippen molar-refractivity contribution < 1.29 is 34.0 Å². The van der Waals surface area contributed by atoms with E-state index < -0.39 is 24.3 Å². The molecule has 164 valence electrons. The van der Waals surface area contributed by atoms with E-state index in [-0.39, 0.29) is 29.3 Å². The minimum Gasteiger partial charge on any atom is -0.456 e. The number of rotatable bonds is 8. The van der Waals surface area contributed by atoms with Crippen LogP contribution in [0.4, 0.5) is 0 Å². The maximum absolute atomic E-state index is 12.3. The van der Waals surface area contributed by atoms with E-state index in [9.17, 15) is 15.0 Å². The Hall–Kier alpha value is -1.25. The predicted molar refractivity (Wildman–Crippen MR) is 106 cm³/mol. The Morgan fingerprint density at radius 1 is 1.34 bits per heavy atom. The highest BCUT2D eigenvalue weighted by atomic mass is 16.6. The average Bonchev–Trinajstić information content (AvgIpc) is 3.57. The summed E-state index contributed by atoms with van der Waals surface area (Å²) in [5.74, 6) is -0.597. The molecule has 1 aliphatic carbocycles. The van der Waals surface area contributed by atoms with Crippen molar-refractivity contribution in [2.45, 2.75) is 88.7 Å². The number of esters is 1. The van der Waals surface area contributed by atoms with E-state index in [0.29, 0.717) is 13.0 Å². The Bertz CT molecular complexity index is 662. The van der Waals surface area contributed by atoms with E-state index in [1.54, 1.807) is 7.11 Å². The van der Waals surface area contributed by atoms with Crippen molar-refractivity contribution >= 4 is 5.97 Å². The standard InChI is InChI=1S/C22H34O7/c1-13(2)6-8-17-21(4,29-17)20-19(26-5)16(10-11-22(20)12-27-22)28-18(25)9-7-15(24)14(3)23/h6-7,9,14-17,19-20,23-24H,8,10-12H2,1-5H3/b9-7+/t14-,15+,16-,17-,19-,20-,21-,22+/m0/s1. The van der Waals surface area contributed by atoms with Crippen LogP contribution < -0.4 is 0 Å². The fourth-order valence-corrected chi connectivity index (χ4v) is 4.60. The molecule has 0 amide bonds. The molecule has 7 heteroatoms. The molecule has 1 saturated carbocycles. The first-order valence-corrected chi connectivity index (χ1v) is 10.4. The largest absolute Gasteiger partial charge is 0.456 e. The third-order valence-electron chi connectivity index (χ3n) is 6.43. The van der Waals surface area contributed by atoms with Crippen LogP contribution in [0.3, 0.4) is 0 Å². The topological polar surface area (TPSA) is 101 Å². The summed E-state index contributed by atoms with van der Waals surface area (Å²) in [6.45, 7) is 8.36. The summed E-state index contributed by atoms with van der Waals surface area (Å²) in [5.41, 5.74) is 0.605. The van der Waals surface area contributed by atoms with Crippen LogP contribution in [0.2, 0.25) is 0 Å². The van der Waals surface area contributed by atoms with Gasteiger partial charge in [0.15, 0.2) is 0 Å². The lowest BCUT2D eigenvalue weighted by atomic mass is 9.68. The summed E-state index contributed by atoms with van der Waals surface area (Å²) in [6, 6.07) is 0. The van der Waals surface area contributed by atoms with Gasteiger partial charge in [-0.3, -0.25) is 0 Å². The minimum absolute atomic E-state index is 0.0332. The second-order valence-electron chi connectivity index (χ2n) is 8.94. The van der Waals surface area contributed by atoms with Gasteiger partial charge in [0.1, 0.15) is 23.4 Å². The van der Waals surface area contributed by atoms with Crippen LogP contribution >= 0.6 is 0 Å². The third kappa shape index (κ3) is 4.75. The molecule has 0 aromatic carbocycles. The van der Waals surface area contributed by atoms with Crippen LogP contribution in [-0.4, -0.2) is 71.6 Å². The van der Waals surface area contributed by atoms with Crippen molar-refractivity contribution in [3.8, 4) is 0 Å². The van der Waals surface area contributed by atoms with Gasteiger partial charge in [0.2, 0.25) is 0 Å². The Labute approximate surface area is 172 Å². The van der Waals surface area contributed by atoms with Gasteiger partial charge < -0.3 is 29.2 Å². The summed E-state index contributed by atoms with van der Waals surface area (Å²) in [5, 5.41) is 19.0. The molecule has 8 atom stereocenters. The smallest absolute Gasteiger partial charge is 0.330 e. The molecule has 29 heavy (non-hydrogen) atoms. The molecule has 2 heterocycles. The Balaban J connectivity index is 1.70. The van der Waals surface area contributed by atoms with Crippen molar-refractivity contribution in [1.29, 1.82) is 0 Å². The van der Waals surface area contributed by atoms with Crippen LogP contribution in [0.5, 0.6) is 0 Å². The number of hydrogen-bond donors (Lipinski definition) is 2. The number of carbonyl (C=O) groups excluding carboxylic acids is 1. The first-order valence-electron chi connectivity index (χ1n) is 10.4. The molecule has 3 rings (SSSR count). The van der Waals surface area contributed by atoms with Gasteiger partial charge >= 0.3 is 5.97 Å². The van der Waals surface area contributed by atoms with Gasteiger partial charge in [0.05, 0.1) is 30.8 Å². The number of aliphatic hydroxyl groups is 2. The van der Waals surface area contributed by atoms with Gasteiger partial charge in [-0.25, -0.2) is 4.79 Å². The van der Waals surface area contributed by atoms with Crippen LogP contribution in [0, 0.1) is 5.92 Å². The molecule has 1 spiro atoms. The van der Waals surface area contributed by atoms with E-state index in [0.717, 1.165) is 18.9 Å². The first kappa shape index (κ1) is 22.4. The zero-order valence-corrected chi connectivity index (χ0v) is 18.0. The molecule has 3 aliphatic rings. The summed E-state index contributed by atoms with van der Waals surface area (Å²) >= 11 is 0. The molecule has 0 aromatic heterocycles. The number of ether oxygens (including phenoxy) is 4. The molecular weight excluding hydrogens is 376 g/mol. The normalized spacial score (nSPS) is 40.5. The summed E-state index contributed by atoms with van der Waals surface area (Å²) < 4.78 is 23.5. The van der Waals surface area contributed by atoms with E-state index in [4.69, 9.17) is 18.9 Å². The molecule has 3 fully saturated rings. The first-order chi connectivity index (χ1) is 13.6. The van der Waals surface area contributed by atoms with Crippen molar-refractivity contribution in [2.24, 2.45) is 5.92 Å². The maximum Gasteiger partial charge on any atom is 0.330 e. The monoisotopic (exact) mass is 410 g/mol. The maximum atomic E-state index is 12.3. The number of carbonyl (C=O) groups is 1. The lowest BCUT2D eigenvalue weighted by Gasteiger charge is -2.42. The van der Waals surface area contributed by atoms with E-state index in [2.05, 4.69) is 26.8 Å². The van der Waals surface area contributed by atoms with Crippen LogP contribution in [0.15, 0.2) is 23.8 Å². The van der Waals surface area contributed by atoms with Crippen LogP contribution in [0.25, 0.3) is 0 Å². The molecular formula is C22H34O7. The summed E-state index contributed by atoms with van der Waals surface area (Å²) in [7, 11) is 1.63. The van der Waals surface area contributed by atoms with Crippen LogP contribution in [0.1, 0.15) is 47.0 Å². The fourth-order valence-electron chi connectivity index (χ4n) is 4.60. The predicted octanol–water partition coefficient (Wildman–Crippen LogP) is 1.90. The highest BCUT2D eigenvalue weighted by Gasteiger charge is 2.72. The SMILES string of the molecule is CO[C@H]1[C@@H](OC(=O)/C=C/[C@@H](O)[C@H](C)O)CC[C@@]2(CO2)[C@@H]1[C@@]1(C)O[C@H]1CC=C(C)C. The van der Waals surface area contributed by atoms with Crippen molar-refractivity contribution in [3.05, 3.63) is 23.8 Å². The lowest BCUT2D eigenvalue weighted by molar-refractivity contribution is -0.166. The Kier molecular flexibility index (Phi) is 6.56. The van der Waals surface area contributed by atoms with Crippen molar-refractivity contribution in [2.75, 3.05) is 13.7 Å². The van der Waals surface area contributed by atoms with E-state index in [1.807, 2.05) is 0 Å². The fraction of sp³-hybridized carbons (Fsp3) is 0.773. The van der Waals surface area contributed by atoms with E-state index in [1.165, 1.54) is 18.6 Å². The number of allylic oxidation sites excluding steroid dienone is 1. The minimum atomic E-state index is -1.11. The van der Waals surface area contributed by atoms with Gasteiger partial charge in [0.25, 0.3) is 0 Å². The van der Waals surface area contributed by atoms with Gasteiger partial charge in [-0.15, -0.1) is 0 Å². The van der Waals surface area contributed by atoms with Gasteiger partial charge in [0, 0.05) is 13.2 Å². The van der Waals surface area contributed by atoms with Crippen LogP contribution in [-0.2, 0) is 23.7 Å².